The van der Waals surface area contributed by atoms with Crippen molar-refractivity contribution in [3.63, 3.8) is 0 Å². The number of hydrogen-bond donors (Lipinski definition) is 2. The second-order valence-corrected chi connectivity index (χ2v) is 6.40. The Hall–Kier alpha value is -3.67. The molecule has 148 valence electrons. The Kier molecular flexibility index (Phi) is 6.58. The van der Waals surface area contributed by atoms with E-state index in [2.05, 4.69) is 10.6 Å². The molecule has 0 saturated heterocycles. The van der Waals surface area contributed by atoms with Gasteiger partial charge < -0.3 is 15.4 Å². The number of ether oxygens (including phenoxy) is 1. The summed E-state index contributed by atoms with van der Waals surface area (Å²) in [6.45, 7) is 0.493. The Balaban J connectivity index is 1.51. The van der Waals surface area contributed by atoms with E-state index in [9.17, 15) is 14.0 Å². The fourth-order valence-electron chi connectivity index (χ4n) is 2.76. The summed E-state index contributed by atoms with van der Waals surface area (Å²) in [6, 6.07) is 19.6. The van der Waals surface area contributed by atoms with Crippen molar-refractivity contribution in [1.29, 1.82) is 0 Å². The standard InChI is InChI=1S/C23H21FN2O3/c1-29-21-11-5-16(6-12-21)13-14-25-22(27)17-7-9-18(10-8-17)23(28)26-20-4-2-3-19(24)15-20/h2-12,15H,13-14H2,1H3,(H,25,27)(H,26,28). The van der Waals surface area contributed by atoms with Gasteiger partial charge in [0.15, 0.2) is 0 Å². The second kappa shape index (κ2) is 9.50. The predicted molar refractivity (Wildman–Crippen MR) is 110 cm³/mol. The molecule has 0 aliphatic rings. The van der Waals surface area contributed by atoms with Gasteiger partial charge in [0.2, 0.25) is 0 Å². The fraction of sp³-hybridized carbons (Fsp3) is 0.130. The summed E-state index contributed by atoms with van der Waals surface area (Å²) < 4.78 is 18.3. The zero-order valence-corrected chi connectivity index (χ0v) is 15.9. The Morgan fingerprint density at radius 3 is 2.17 bits per heavy atom. The van der Waals surface area contributed by atoms with Crippen LogP contribution < -0.4 is 15.4 Å². The van der Waals surface area contributed by atoms with Crippen LogP contribution in [0, 0.1) is 5.82 Å². The van der Waals surface area contributed by atoms with Crippen LogP contribution in [0.4, 0.5) is 10.1 Å². The van der Waals surface area contributed by atoms with Crippen LogP contribution in [0.2, 0.25) is 0 Å². The lowest BCUT2D eigenvalue weighted by atomic mass is 10.1. The van der Waals surface area contributed by atoms with E-state index in [0.29, 0.717) is 29.8 Å². The summed E-state index contributed by atoms with van der Waals surface area (Å²) in [5.74, 6) is -0.221. The number of halogens is 1. The Labute approximate surface area is 168 Å². The zero-order valence-electron chi connectivity index (χ0n) is 15.9. The number of rotatable bonds is 7. The summed E-state index contributed by atoms with van der Waals surface area (Å²) in [7, 11) is 1.62. The van der Waals surface area contributed by atoms with Crippen LogP contribution in [-0.4, -0.2) is 25.5 Å². The van der Waals surface area contributed by atoms with E-state index in [1.165, 1.54) is 18.2 Å². The van der Waals surface area contributed by atoms with Crippen molar-refractivity contribution < 1.29 is 18.7 Å². The SMILES string of the molecule is COc1ccc(CCNC(=O)c2ccc(C(=O)Nc3cccc(F)c3)cc2)cc1. The largest absolute Gasteiger partial charge is 0.497 e. The molecule has 0 aliphatic carbocycles. The maximum Gasteiger partial charge on any atom is 0.255 e. The molecule has 0 saturated carbocycles. The Morgan fingerprint density at radius 1 is 0.897 bits per heavy atom. The smallest absolute Gasteiger partial charge is 0.255 e. The lowest BCUT2D eigenvalue weighted by molar-refractivity contribution is 0.0952. The molecule has 2 amide bonds. The van der Waals surface area contributed by atoms with Gasteiger partial charge >= 0.3 is 0 Å². The van der Waals surface area contributed by atoms with E-state index in [0.717, 1.165) is 11.3 Å². The lowest BCUT2D eigenvalue weighted by Gasteiger charge is -2.08. The molecule has 2 N–H and O–H groups in total. The Morgan fingerprint density at radius 2 is 1.55 bits per heavy atom. The molecule has 0 unspecified atom stereocenters. The van der Waals surface area contributed by atoms with Gasteiger partial charge in [-0.1, -0.05) is 18.2 Å². The number of methoxy groups -OCH3 is 1. The molecular formula is C23H21FN2O3. The van der Waals surface area contributed by atoms with E-state index < -0.39 is 5.82 Å². The average Bonchev–Trinajstić information content (AvgIpc) is 2.74. The van der Waals surface area contributed by atoms with Gasteiger partial charge in [0.25, 0.3) is 11.8 Å². The maximum absolute atomic E-state index is 13.2. The number of anilines is 1. The van der Waals surface area contributed by atoms with E-state index in [1.54, 1.807) is 37.4 Å². The van der Waals surface area contributed by atoms with E-state index in [4.69, 9.17) is 4.74 Å². The topological polar surface area (TPSA) is 67.4 Å². The molecule has 0 fully saturated rings. The molecule has 0 spiro atoms. The first-order chi connectivity index (χ1) is 14.0. The van der Waals surface area contributed by atoms with Gasteiger partial charge in [-0.3, -0.25) is 9.59 Å². The first-order valence-electron chi connectivity index (χ1n) is 9.13. The van der Waals surface area contributed by atoms with Crippen LogP contribution >= 0.6 is 0 Å². The zero-order chi connectivity index (χ0) is 20.6. The summed E-state index contributed by atoms with van der Waals surface area (Å²) in [5, 5.41) is 5.48. The van der Waals surface area contributed by atoms with Crippen molar-refractivity contribution in [3.8, 4) is 5.75 Å². The molecular weight excluding hydrogens is 371 g/mol. The van der Waals surface area contributed by atoms with Crippen LogP contribution in [-0.2, 0) is 6.42 Å². The van der Waals surface area contributed by atoms with E-state index in [1.807, 2.05) is 24.3 Å². The minimum Gasteiger partial charge on any atom is -0.497 e. The van der Waals surface area contributed by atoms with Crippen molar-refractivity contribution in [2.75, 3.05) is 19.0 Å². The lowest BCUT2D eigenvalue weighted by Crippen LogP contribution is -2.25. The summed E-state index contributed by atoms with van der Waals surface area (Å²) >= 11 is 0. The molecule has 3 rings (SSSR count). The third kappa shape index (κ3) is 5.65. The van der Waals surface area contributed by atoms with E-state index >= 15 is 0 Å². The molecule has 0 aliphatic heterocycles. The highest BCUT2D eigenvalue weighted by molar-refractivity contribution is 6.05. The van der Waals surface area contributed by atoms with Crippen molar-refractivity contribution in [1.82, 2.24) is 5.32 Å². The molecule has 6 heteroatoms. The number of carbonyl (C=O) groups excluding carboxylic acids is 2. The fourth-order valence-corrected chi connectivity index (χ4v) is 2.76. The summed E-state index contributed by atoms with van der Waals surface area (Å²) in [4.78, 5) is 24.5. The average molecular weight is 392 g/mol. The normalized spacial score (nSPS) is 10.3. The monoisotopic (exact) mass is 392 g/mol. The van der Waals surface area contributed by atoms with Gasteiger partial charge in [0.1, 0.15) is 11.6 Å². The van der Waals surface area contributed by atoms with Gasteiger partial charge in [0, 0.05) is 23.4 Å². The van der Waals surface area contributed by atoms with Crippen LogP contribution in [0.25, 0.3) is 0 Å². The van der Waals surface area contributed by atoms with E-state index in [-0.39, 0.29) is 11.8 Å². The molecule has 5 nitrogen and oxygen atoms in total. The molecule has 3 aromatic rings. The second-order valence-electron chi connectivity index (χ2n) is 6.40. The van der Waals surface area contributed by atoms with Crippen molar-refractivity contribution in [3.05, 3.63) is 95.3 Å². The summed E-state index contributed by atoms with van der Waals surface area (Å²) in [5.41, 5.74) is 2.30. The predicted octanol–water partition coefficient (Wildman–Crippen LogP) is 4.06. The van der Waals surface area contributed by atoms with Gasteiger partial charge in [-0.2, -0.15) is 0 Å². The number of nitrogens with one attached hydrogen (secondary N) is 2. The first-order valence-corrected chi connectivity index (χ1v) is 9.13. The van der Waals surface area contributed by atoms with Gasteiger partial charge in [-0.05, 0) is 66.6 Å². The minimum absolute atomic E-state index is 0.212. The van der Waals surface area contributed by atoms with Crippen molar-refractivity contribution >= 4 is 17.5 Å². The molecule has 29 heavy (non-hydrogen) atoms. The molecule has 0 bridgehead atoms. The highest BCUT2D eigenvalue weighted by Crippen LogP contribution is 2.13. The third-order valence-electron chi connectivity index (χ3n) is 4.35. The molecule has 0 radical (unpaired) electrons. The van der Waals surface area contributed by atoms with Crippen LogP contribution in [0.15, 0.2) is 72.8 Å². The van der Waals surface area contributed by atoms with Crippen molar-refractivity contribution in [2.45, 2.75) is 6.42 Å². The number of amides is 2. The van der Waals surface area contributed by atoms with Crippen LogP contribution in [0.5, 0.6) is 5.75 Å². The molecule has 0 aromatic heterocycles. The first kappa shape index (κ1) is 20.1. The highest BCUT2D eigenvalue weighted by atomic mass is 19.1. The molecule has 0 atom stereocenters. The highest BCUT2D eigenvalue weighted by Gasteiger charge is 2.09. The minimum atomic E-state index is -0.426. The maximum atomic E-state index is 13.2. The van der Waals surface area contributed by atoms with Crippen LogP contribution in [0.3, 0.4) is 0 Å². The van der Waals surface area contributed by atoms with Crippen LogP contribution in [0.1, 0.15) is 26.3 Å². The molecule has 0 heterocycles. The number of hydrogen-bond acceptors (Lipinski definition) is 3. The molecule has 3 aromatic carbocycles. The number of carbonyl (C=O) groups is 2. The van der Waals surface area contributed by atoms with Gasteiger partial charge in [-0.15, -0.1) is 0 Å². The number of benzene rings is 3. The van der Waals surface area contributed by atoms with Gasteiger partial charge in [-0.25, -0.2) is 4.39 Å². The quantitative estimate of drug-likeness (QED) is 0.637. The van der Waals surface area contributed by atoms with Crippen molar-refractivity contribution in [2.24, 2.45) is 0 Å². The third-order valence-corrected chi connectivity index (χ3v) is 4.35. The summed E-state index contributed by atoms with van der Waals surface area (Å²) in [6.07, 6.45) is 0.698. The van der Waals surface area contributed by atoms with Gasteiger partial charge in [0.05, 0.1) is 7.11 Å². The Bertz CT molecular complexity index is 986.